The number of aromatic nitrogens is 3. The lowest BCUT2D eigenvalue weighted by Crippen LogP contribution is -2.43. The zero-order chi connectivity index (χ0) is 29.9. The largest absolute Gasteiger partial charge is 0.487 e. The SMILES string of the molecule is C=C(F)C(=O)Nc1cc2c(Nc3ccnc(-c4ccccc4F)c3)ncnc2cc1O[C@@H]1CCN(C2CCN(C)CC2)C1. The number of amides is 1. The highest BCUT2D eigenvalue weighted by Crippen LogP contribution is 2.36. The van der Waals surface area contributed by atoms with E-state index in [1.54, 1.807) is 48.7 Å². The van der Waals surface area contributed by atoms with E-state index >= 15 is 0 Å². The summed E-state index contributed by atoms with van der Waals surface area (Å²) in [4.78, 5) is 30.3. The Morgan fingerprint density at radius 1 is 1.05 bits per heavy atom. The number of pyridine rings is 1. The van der Waals surface area contributed by atoms with E-state index in [0.717, 1.165) is 45.4 Å². The fourth-order valence-corrected chi connectivity index (χ4v) is 5.75. The monoisotopic (exact) mass is 585 g/mol. The van der Waals surface area contributed by atoms with Gasteiger partial charge < -0.3 is 20.3 Å². The Labute approximate surface area is 248 Å². The van der Waals surface area contributed by atoms with Crippen molar-refractivity contribution in [1.82, 2.24) is 24.8 Å². The van der Waals surface area contributed by atoms with E-state index < -0.39 is 11.7 Å². The number of piperidine rings is 1. The van der Waals surface area contributed by atoms with Gasteiger partial charge in [-0.25, -0.2) is 18.7 Å². The average molecular weight is 586 g/mol. The standard InChI is InChI=1S/C32H33F2N7O2/c1-20(33)32(42)39-29-16-25-28(17-30(29)43-23-10-14-41(18-23)22-8-12-40(2)13-9-22)36-19-37-31(25)38-21-7-11-35-27(15-21)24-5-3-4-6-26(24)34/h3-7,11,15-17,19,22-23H,1,8-10,12-14,18H2,2H3,(H,39,42)(H,35,36,37,38)/t23-/m1/s1. The molecule has 0 spiro atoms. The molecule has 0 bridgehead atoms. The Bertz CT molecular complexity index is 1660. The number of carbonyl (C=O) groups excluding carboxylic acids is 1. The first-order valence-corrected chi connectivity index (χ1v) is 14.4. The molecule has 0 unspecified atom stereocenters. The molecule has 4 heterocycles. The molecule has 2 aliphatic heterocycles. The van der Waals surface area contributed by atoms with E-state index in [-0.39, 0.29) is 17.6 Å². The molecule has 2 saturated heterocycles. The Morgan fingerprint density at radius 3 is 2.65 bits per heavy atom. The Hall–Kier alpha value is -4.48. The molecule has 2 N–H and O–H groups in total. The number of ether oxygens (including phenoxy) is 1. The molecule has 2 aliphatic rings. The van der Waals surface area contributed by atoms with Gasteiger partial charge in [0.25, 0.3) is 5.91 Å². The lowest BCUT2D eigenvalue weighted by atomic mass is 10.0. The van der Waals surface area contributed by atoms with Crippen LogP contribution in [0.25, 0.3) is 22.2 Å². The van der Waals surface area contributed by atoms with Gasteiger partial charge >= 0.3 is 0 Å². The average Bonchev–Trinajstić information content (AvgIpc) is 3.47. The van der Waals surface area contributed by atoms with Crippen LogP contribution in [0.15, 0.2) is 73.5 Å². The Morgan fingerprint density at radius 2 is 1.86 bits per heavy atom. The van der Waals surface area contributed by atoms with Crippen molar-refractivity contribution in [2.45, 2.75) is 31.4 Å². The van der Waals surface area contributed by atoms with E-state index in [9.17, 15) is 13.6 Å². The smallest absolute Gasteiger partial charge is 0.283 e. The second-order valence-electron chi connectivity index (χ2n) is 11.0. The predicted molar refractivity (Wildman–Crippen MR) is 162 cm³/mol. The third-order valence-electron chi connectivity index (χ3n) is 8.08. The molecule has 43 heavy (non-hydrogen) atoms. The van der Waals surface area contributed by atoms with Gasteiger partial charge in [-0.2, -0.15) is 0 Å². The molecule has 2 aromatic heterocycles. The van der Waals surface area contributed by atoms with Gasteiger partial charge in [0, 0.05) is 48.0 Å². The second kappa shape index (κ2) is 12.4. The molecule has 9 nitrogen and oxygen atoms in total. The first kappa shape index (κ1) is 28.6. The molecule has 1 amide bonds. The second-order valence-corrected chi connectivity index (χ2v) is 11.0. The van der Waals surface area contributed by atoms with Crippen LogP contribution in [0, 0.1) is 5.82 Å². The number of nitrogens with one attached hydrogen (secondary N) is 2. The van der Waals surface area contributed by atoms with Gasteiger partial charge in [-0.15, -0.1) is 0 Å². The minimum Gasteiger partial charge on any atom is -0.487 e. The lowest BCUT2D eigenvalue weighted by Gasteiger charge is -2.35. The number of rotatable bonds is 8. The highest BCUT2D eigenvalue weighted by molar-refractivity contribution is 6.05. The molecule has 2 fully saturated rings. The van der Waals surface area contributed by atoms with Gasteiger partial charge in [-0.3, -0.25) is 14.7 Å². The van der Waals surface area contributed by atoms with Crippen molar-refractivity contribution in [2.24, 2.45) is 0 Å². The number of hydrogen-bond donors (Lipinski definition) is 2. The number of carbonyl (C=O) groups is 1. The van der Waals surface area contributed by atoms with Crippen LogP contribution in [0.1, 0.15) is 19.3 Å². The maximum absolute atomic E-state index is 14.4. The van der Waals surface area contributed by atoms with Crippen molar-refractivity contribution >= 4 is 34.0 Å². The van der Waals surface area contributed by atoms with Crippen LogP contribution >= 0.6 is 0 Å². The summed E-state index contributed by atoms with van der Waals surface area (Å²) in [7, 11) is 2.15. The number of hydrogen-bond acceptors (Lipinski definition) is 8. The number of nitrogens with zero attached hydrogens (tertiary/aromatic N) is 5. The van der Waals surface area contributed by atoms with Crippen LogP contribution in [0.5, 0.6) is 5.75 Å². The summed E-state index contributed by atoms with van der Waals surface area (Å²) in [5.41, 5.74) is 2.30. The van der Waals surface area contributed by atoms with Crippen LogP contribution in [0.2, 0.25) is 0 Å². The molecule has 0 radical (unpaired) electrons. The molecule has 11 heteroatoms. The molecule has 2 aromatic carbocycles. The molecule has 6 rings (SSSR count). The maximum Gasteiger partial charge on any atom is 0.283 e. The summed E-state index contributed by atoms with van der Waals surface area (Å²) < 4.78 is 34.6. The molecule has 0 saturated carbocycles. The summed E-state index contributed by atoms with van der Waals surface area (Å²) in [6, 6.07) is 13.8. The van der Waals surface area contributed by atoms with Crippen LogP contribution in [-0.4, -0.2) is 76.0 Å². The molecule has 222 valence electrons. The van der Waals surface area contributed by atoms with Crippen LogP contribution in [-0.2, 0) is 4.79 Å². The van der Waals surface area contributed by atoms with Gasteiger partial charge in [0.2, 0.25) is 0 Å². The van der Waals surface area contributed by atoms with Gasteiger partial charge in [0.15, 0.2) is 5.83 Å². The molecular formula is C32H33F2N7O2. The zero-order valence-electron chi connectivity index (χ0n) is 23.9. The van der Waals surface area contributed by atoms with Crippen molar-refractivity contribution in [2.75, 3.05) is 43.9 Å². The predicted octanol–water partition coefficient (Wildman–Crippen LogP) is 5.54. The van der Waals surface area contributed by atoms with Crippen molar-refractivity contribution in [3.05, 3.63) is 79.3 Å². The molecular weight excluding hydrogens is 552 g/mol. The minimum atomic E-state index is -1.11. The zero-order valence-corrected chi connectivity index (χ0v) is 23.9. The first-order valence-electron chi connectivity index (χ1n) is 14.4. The number of anilines is 3. The van der Waals surface area contributed by atoms with Gasteiger partial charge in [0.1, 0.15) is 29.8 Å². The summed E-state index contributed by atoms with van der Waals surface area (Å²) >= 11 is 0. The number of halogens is 2. The number of fused-ring (bicyclic) bond motifs is 1. The highest BCUT2D eigenvalue weighted by Gasteiger charge is 2.31. The normalized spacial score (nSPS) is 18.1. The molecule has 0 aliphatic carbocycles. The van der Waals surface area contributed by atoms with Gasteiger partial charge in [-0.1, -0.05) is 18.7 Å². The number of benzene rings is 2. The third-order valence-corrected chi connectivity index (χ3v) is 8.08. The van der Waals surface area contributed by atoms with Crippen molar-refractivity contribution in [3.8, 4) is 17.0 Å². The van der Waals surface area contributed by atoms with Crippen LogP contribution in [0.4, 0.5) is 26.0 Å². The summed E-state index contributed by atoms with van der Waals surface area (Å²) in [5, 5.41) is 6.41. The fraction of sp³-hybridized carbons (Fsp3) is 0.312. The van der Waals surface area contributed by atoms with Gasteiger partial charge in [0.05, 0.1) is 16.9 Å². The van der Waals surface area contributed by atoms with E-state index in [0.29, 0.717) is 45.5 Å². The quantitative estimate of drug-likeness (QED) is 0.260. The summed E-state index contributed by atoms with van der Waals surface area (Å²) in [5.74, 6) is -1.61. The van der Waals surface area contributed by atoms with E-state index in [4.69, 9.17) is 4.74 Å². The Balaban J connectivity index is 1.28. The molecule has 4 aromatic rings. The lowest BCUT2D eigenvalue weighted by molar-refractivity contribution is -0.114. The van der Waals surface area contributed by atoms with E-state index in [2.05, 4.69) is 49.0 Å². The Kier molecular flexibility index (Phi) is 8.26. The fourth-order valence-electron chi connectivity index (χ4n) is 5.75. The number of likely N-dealkylation sites (tertiary alicyclic amines) is 2. The van der Waals surface area contributed by atoms with Crippen LogP contribution in [0.3, 0.4) is 0 Å². The minimum absolute atomic E-state index is 0.0885. The first-order chi connectivity index (χ1) is 20.8. The van der Waals surface area contributed by atoms with Gasteiger partial charge in [-0.05, 0) is 69.7 Å². The summed E-state index contributed by atoms with van der Waals surface area (Å²) in [6.45, 7) is 7.01. The van der Waals surface area contributed by atoms with E-state index in [1.807, 2.05) is 0 Å². The topological polar surface area (TPSA) is 95.5 Å². The molecule has 1 atom stereocenters. The summed E-state index contributed by atoms with van der Waals surface area (Å²) in [6.07, 6.45) is 6.02. The third kappa shape index (κ3) is 6.47. The van der Waals surface area contributed by atoms with Crippen molar-refractivity contribution in [3.63, 3.8) is 0 Å². The van der Waals surface area contributed by atoms with Crippen molar-refractivity contribution in [1.29, 1.82) is 0 Å². The van der Waals surface area contributed by atoms with Crippen LogP contribution < -0.4 is 15.4 Å². The highest BCUT2D eigenvalue weighted by atomic mass is 19.1. The van der Waals surface area contributed by atoms with E-state index in [1.165, 1.54) is 12.4 Å². The maximum atomic E-state index is 14.4. The van der Waals surface area contributed by atoms with Crippen molar-refractivity contribution < 1.29 is 18.3 Å².